The van der Waals surface area contributed by atoms with E-state index in [0.29, 0.717) is 21.1 Å². The second kappa shape index (κ2) is 5.33. The van der Waals surface area contributed by atoms with Crippen LogP contribution in [0.3, 0.4) is 0 Å². The molecule has 0 amide bonds. The van der Waals surface area contributed by atoms with Crippen LogP contribution in [-0.2, 0) is 0 Å². The second-order valence-electron chi connectivity index (χ2n) is 5.08. The summed E-state index contributed by atoms with van der Waals surface area (Å²) in [5, 5.41) is 24.3. The second-order valence-corrected chi connectivity index (χ2v) is 5.08. The van der Waals surface area contributed by atoms with E-state index in [2.05, 4.69) is 0 Å². The summed E-state index contributed by atoms with van der Waals surface area (Å²) in [6.45, 7) is 7.76. The van der Waals surface area contributed by atoms with Gasteiger partial charge >= 0.3 is 0 Å². The maximum Gasteiger partial charge on any atom is 0.288 e. The first-order chi connectivity index (χ1) is 9.40. The fourth-order valence-electron chi connectivity index (χ4n) is 1.90. The van der Waals surface area contributed by atoms with Crippen LogP contribution in [0.25, 0.3) is 0 Å². The Kier molecular flexibility index (Phi) is 3.74. The van der Waals surface area contributed by atoms with Gasteiger partial charge in [-0.1, -0.05) is 12.1 Å². The van der Waals surface area contributed by atoms with Crippen molar-refractivity contribution in [2.75, 3.05) is 0 Å². The lowest BCUT2D eigenvalue weighted by molar-refractivity contribution is -0.896. The van der Waals surface area contributed by atoms with Gasteiger partial charge in [-0.15, -0.1) is 0 Å². The molecule has 0 aromatic heterocycles. The summed E-state index contributed by atoms with van der Waals surface area (Å²) in [5.74, 6) is 0. The normalized spacial score (nSPS) is 12.2. The molecule has 20 heavy (non-hydrogen) atoms. The fraction of sp³-hybridized carbons (Fsp3) is 0.250. The van der Waals surface area contributed by atoms with E-state index < -0.39 is 0 Å². The van der Waals surface area contributed by atoms with Crippen LogP contribution < -0.4 is 0 Å². The van der Waals surface area contributed by atoms with E-state index in [9.17, 15) is 10.4 Å². The Balaban J connectivity index is 2.49. The van der Waals surface area contributed by atoms with Gasteiger partial charge in [-0.25, -0.2) is 0 Å². The average molecular weight is 270 g/mol. The number of benzene rings is 2. The Morgan fingerprint density at radius 1 is 0.600 bits per heavy atom. The van der Waals surface area contributed by atoms with Crippen LogP contribution in [0.5, 0.6) is 0 Å². The van der Waals surface area contributed by atoms with Crippen LogP contribution in [0.15, 0.2) is 36.4 Å². The molecule has 0 saturated carbocycles. The molecule has 0 spiro atoms. The highest BCUT2D eigenvalue weighted by Gasteiger charge is 2.16. The van der Waals surface area contributed by atoms with E-state index in [1.165, 1.54) is 0 Å². The zero-order valence-electron chi connectivity index (χ0n) is 12.2. The molecule has 0 aliphatic carbocycles. The van der Waals surface area contributed by atoms with Crippen molar-refractivity contribution in [3.63, 3.8) is 0 Å². The van der Waals surface area contributed by atoms with Crippen molar-refractivity contribution in [2.24, 2.45) is 0 Å². The predicted molar refractivity (Wildman–Crippen MR) is 78.4 cm³/mol. The van der Waals surface area contributed by atoms with E-state index in [4.69, 9.17) is 0 Å². The lowest BCUT2D eigenvalue weighted by atomic mass is 10.1. The summed E-state index contributed by atoms with van der Waals surface area (Å²) in [7, 11) is 0. The van der Waals surface area contributed by atoms with E-state index in [1.807, 2.05) is 39.8 Å². The van der Waals surface area contributed by atoms with Crippen molar-refractivity contribution in [3.05, 3.63) is 69.1 Å². The molecule has 4 heteroatoms. The minimum atomic E-state index is 0.335. The van der Waals surface area contributed by atoms with Gasteiger partial charge in [-0.3, -0.25) is 0 Å². The zero-order valence-corrected chi connectivity index (χ0v) is 12.2. The number of aryl methyl sites for hydroxylation is 4. The summed E-state index contributed by atoms with van der Waals surface area (Å²) in [4.78, 5) is 0.743. The quantitative estimate of drug-likeness (QED) is 0.462. The third-order valence-electron chi connectivity index (χ3n) is 3.59. The van der Waals surface area contributed by atoms with E-state index >= 15 is 0 Å². The van der Waals surface area contributed by atoms with Gasteiger partial charge in [-0.05, 0) is 49.9 Å². The molecule has 2 rings (SSSR count). The molecule has 104 valence electrons. The molecule has 0 N–H and O–H groups in total. The molecular formula is C16H18N2O2. The number of nitrogens with zero attached hydrogens (tertiary/aromatic N) is 2. The van der Waals surface area contributed by atoms with E-state index in [-0.39, 0.29) is 0 Å². The van der Waals surface area contributed by atoms with Crippen molar-refractivity contribution < 1.29 is 9.72 Å². The largest absolute Gasteiger partial charge is 0.561 e. The van der Waals surface area contributed by atoms with Crippen LogP contribution in [-0.4, -0.2) is 9.72 Å². The molecular weight excluding hydrogens is 252 g/mol. The van der Waals surface area contributed by atoms with Crippen LogP contribution in [0.2, 0.25) is 0 Å². The summed E-state index contributed by atoms with van der Waals surface area (Å²) in [5.41, 5.74) is 4.81. The molecule has 0 heterocycles. The highest BCUT2D eigenvalue weighted by Crippen LogP contribution is 2.21. The van der Waals surface area contributed by atoms with Crippen molar-refractivity contribution in [2.45, 2.75) is 27.7 Å². The standard InChI is InChI=1S/C16H18N2O2/c1-11-5-7-15(9-13(11)3)17(19)18(20)16-8-6-12(2)14(4)10-16/h5-10H,1-4H3/b18-17+. The lowest BCUT2D eigenvalue weighted by Crippen LogP contribution is -2.08. The Labute approximate surface area is 118 Å². The minimum Gasteiger partial charge on any atom is -0.561 e. The lowest BCUT2D eigenvalue weighted by Gasteiger charge is -2.06. The molecule has 0 saturated heterocycles. The third kappa shape index (κ3) is 2.64. The average Bonchev–Trinajstić information content (AvgIpc) is 2.43. The number of azo groups is 1. The molecule has 0 atom stereocenters. The molecule has 4 nitrogen and oxygen atoms in total. The first-order valence-electron chi connectivity index (χ1n) is 6.49. The van der Waals surface area contributed by atoms with Crippen LogP contribution >= 0.6 is 0 Å². The Morgan fingerprint density at radius 3 is 1.25 bits per heavy atom. The van der Waals surface area contributed by atoms with Crippen molar-refractivity contribution in [3.8, 4) is 0 Å². The first-order valence-corrected chi connectivity index (χ1v) is 6.49. The van der Waals surface area contributed by atoms with Crippen molar-refractivity contribution >= 4 is 11.4 Å². The molecule has 0 aliphatic heterocycles. The topological polar surface area (TPSA) is 52.1 Å². The van der Waals surface area contributed by atoms with Crippen molar-refractivity contribution in [1.82, 2.24) is 0 Å². The molecule has 0 bridgehead atoms. The van der Waals surface area contributed by atoms with Gasteiger partial charge in [0.2, 0.25) is 0 Å². The highest BCUT2D eigenvalue weighted by atomic mass is 16.6. The summed E-state index contributed by atoms with van der Waals surface area (Å²) < 4.78 is 0. The molecule has 0 fully saturated rings. The Hall–Kier alpha value is -2.36. The van der Waals surface area contributed by atoms with E-state index in [0.717, 1.165) is 22.3 Å². The highest BCUT2D eigenvalue weighted by molar-refractivity contribution is 5.39. The summed E-state index contributed by atoms with van der Waals surface area (Å²) in [6, 6.07) is 10.4. The summed E-state index contributed by atoms with van der Waals surface area (Å²) >= 11 is 0. The Morgan fingerprint density at radius 2 is 0.950 bits per heavy atom. The number of hydrogen-bond donors (Lipinski definition) is 0. The van der Waals surface area contributed by atoms with Crippen LogP contribution in [0.4, 0.5) is 11.4 Å². The molecule has 0 unspecified atom stereocenters. The van der Waals surface area contributed by atoms with Gasteiger partial charge < -0.3 is 10.4 Å². The predicted octanol–water partition coefficient (Wildman–Crippen LogP) is 4.36. The third-order valence-corrected chi connectivity index (χ3v) is 3.59. The minimum absolute atomic E-state index is 0.335. The molecule has 2 aromatic rings. The van der Waals surface area contributed by atoms with Gasteiger partial charge in [0.05, 0.1) is 9.72 Å². The van der Waals surface area contributed by atoms with E-state index in [1.54, 1.807) is 24.3 Å². The van der Waals surface area contributed by atoms with Crippen LogP contribution in [0.1, 0.15) is 22.3 Å². The monoisotopic (exact) mass is 270 g/mol. The van der Waals surface area contributed by atoms with Gasteiger partial charge in [0, 0.05) is 24.3 Å². The van der Waals surface area contributed by atoms with Gasteiger partial charge in [0.15, 0.2) is 0 Å². The maximum atomic E-state index is 12.1. The fourth-order valence-corrected chi connectivity index (χ4v) is 1.90. The van der Waals surface area contributed by atoms with Gasteiger partial charge in [0.25, 0.3) is 11.4 Å². The van der Waals surface area contributed by atoms with Gasteiger partial charge in [-0.2, -0.15) is 0 Å². The zero-order chi connectivity index (χ0) is 14.9. The Bertz CT molecular complexity index is 631. The molecule has 2 aromatic carbocycles. The smallest absolute Gasteiger partial charge is 0.288 e. The maximum absolute atomic E-state index is 12.1. The number of rotatable bonds is 2. The SMILES string of the molecule is Cc1ccc(/[N+]([O-])=[N+](\[O-])c2ccc(C)c(C)c2)cc1C. The molecule has 0 aliphatic rings. The molecule has 0 radical (unpaired) electrons. The van der Waals surface area contributed by atoms with Crippen LogP contribution in [0, 0.1) is 38.1 Å². The first kappa shape index (κ1) is 14.1. The van der Waals surface area contributed by atoms with Gasteiger partial charge in [0.1, 0.15) is 0 Å². The number of hydrogen-bond acceptors (Lipinski definition) is 2. The van der Waals surface area contributed by atoms with Crippen molar-refractivity contribution in [1.29, 1.82) is 0 Å². The summed E-state index contributed by atoms with van der Waals surface area (Å²) in [6.07, 6.45) is 0.